The van der Waals surface area contributed by atoms with E-state index < -0.39 is 23.0 Å². The average Bonchev–Trinajstić information content (AvgIpc) is 2.16. The second-order valence-corrected chi connectivity index (χ2v) is 4.00. The zero-order valence-corrected chi connectivity index (χ0v) is 8.73. The van der Waals surface area contributed by atoms with Crippen molar-refractivity contribution in [2.45, 2.75) is 25.4 Å². The minimum absolute atomic E-state index is 0.252. The number of hydrogen-bond acceptors (Lipinski definition) is 1. The predicted molar refractivity (Wildman–Crippen MR) is 50.5 cm³/mol. The van der Waals surface area contributed by atoms with Gasteiger partial charge in [-0.3, -0.25) is 0 Å². The Labute approximate surface area is 90.1 Å². The third kappa shape index (κ3) is 2.23. The fourth-order valence-electron chi connectivity index (χ4n) is 1.31. The van der Waals surface area contributed by atoms with E-state index in [-0.39, 0.29) is 5.56 Å². The van der Waals surface area contributed by atoms with Crippen molar-refractivity contribution < 1.29 is 22.4 Å². The Balaban J connectivity index is 3.41. The fraction of sp³-hybridized carbons (Fsp3) is 0.364. The second-order valence-electron chi connectivity index (χ2n) is 4.00. The van der Waals surface area contributed by atoms with Crippen LogP contribution in [0.25, 0.3) is 0 Å². The van der Waals surface area contributed by atoms with Crippen LogP contribution in [0.4, 0.5) is 17.6 Å². The van der Waals surface area contributed by atoms with Crippen LogP contribution in [-0.2, 0) is 16.4 Å². The summed E-state index contributed by atoms with van der Waals surface area (Å²) < 4.78 is 50.7. The molecule has 5 heteroatoms. The number of rotatable bonds is 2. The molecule has 0 aromatic heterocycles. The molecule has 0 atom stereocenters. The molecule has 0 spiro atoms. The second kappa shape index (κ2) is 3.88. The lowest BCUT2D eigenvalue weighted by atomic mass is 9.85. The molecule has 0 aliphatic rings. The van der Waals surface area contributed by atoms with Crippen LogP contribution in [0.5, 0.6) is 0 Å². The maximum atomic E-state index is 13.6. The van der Waals surface area contributed by atoms with Gasteiger partial charge in [0.1, 0.15) is 12.1 Å². The Morgan fingerprint density at radius 2 is 1.62 bits per heavy atom. The van der Waals surface area contributed by atoms with E-state index in [4.69, 9.17) is 0 Å². The van der Waals surface area contributed by atoms with Crippen molar-refractivity contribution in [3.8, 4) is 0 Å². The SMILES string of the molecule is CC(C)(C=O)c1cccc(C(F)(F)F)c1F. The van der Waals surface area contributed by atoms with Gasteiger partial charge in [0.2, 0.25) is 0 Å². The van der Waals surface area contributed by atoms with Crippen molar-refractivity contribution in [1.29, 1.82) is 0 Å². The van der Waals surface area contributed by atoms with Gasteiger partial charge in [0.05, 0.1) is 5.56 Å². The summed E-state index contributed by atoms with van der Waals surface area (Å²) >= 11 is 0. The van der Waals surface area contributed by atoms with E-state index in [0.717, 1.165) is 6.07 Å². The van der Waals surface area contributed by atoms with E-state index in [2.05, 4.69) is 0 Å². The summed E-state index contributed by atoms with van der Waals surface area (Å²) in [6.07, 6.45) is -4.33. The summed E-state index contributed by atoms with van der Waals surface area (Å²) in [7, 11) is 0. The fourth-order valence-corrected chi connectivity index (χ4v) is 1.31. The first-order valence-electron chi connectivity index (χ1n) is 4.52. The molecule has 1 aromatic rings. The van der Waals surface area contributed by atoms with E-state index >= 15 is 0 Å². The zero-order chi connectivity index (χ0) is 12.6. The summed E-state index contributed by atoms with van der Waals surface area (Å²) in [6.45, 7) is 2.72. The minimum atomic E-state index is -4.75. The Bertz CT molecular complexity index is 407. The molecule has 0 fully saturated rings. The first-order chi connectivity index (χ1) is 7.20. The molecule has 0 bridgehead atoms. The molecule has 1 nitrogen and oxygen atoms in total. The summed E-state index contributed by atoms with van der Waals surface area (Å²) in [5.74, 6) is -1.38. The number of hydrogen-bond donors (Lipinski definition) is 0. The van der Waals surface area contributed by atoms with Gasteiger partial charge < -0.3 is 4.79 Å². The van der Waals surface area contributed by atoms with E-state index in [0.29, 0.717) is 12.4 Å². The van der Waals surface area contributed by atoms with Crippen LogP contribution in [0.2, 0.25) is 0 Å². The average molecular weight is 234 g/mol. The number of carbonyl (C=O) groups excluding carboxylic acids is 1. The number of alkyl halides is 3. The number of carbonyl (C=O) groups is 1. The highest BCUT2D eigenvalue weighted by Gasteiger charge is 2.37. The van der Waals surface area contributed by atoms with Gasteiger partial charge in [-0.25, -0.2) is 4.39 Å². The quantitative estimate of drug-likeness (QED) is 0.566. The molecular formula is C11H10F4O. The van der Waals surface area contributed by atoms with Crippen LogP contribution >= 0.6 is 0 Å². The third-order valence-corrected chi connectivity index (χ3v) is 2.29. The summed E-state index contributed by atoms with van der Waals surface area (Å²) in [5, 5.41) is 0. The van der Waals surface area contributed by atoms with Crippen molar-refractivity contribution in [2.75, 3.05) is 0 Å². The van der Waals surface area contributed by atoms with Crippen LogP contribution in [0.15, 0.2) is 18.2 Å². The lowest BCUT2D eigenvalue weighted by Gasteiger charge is -2.20. The Morgan fingerprint density at radius 1 is 1.12 bits per heavy atom. The molecule has 0 radical (unpaired) electrons. The van der Waals surface area contributed by atoms with Crippen LogP contribution < -0.4 is 0 Å². The highest BCUT2D eigenvalue weighted by atomic mass is 19.4. The van der Waals surface area contributed by atoms with Gasteiger partial charge in [0.15, 0.2) is 0 Å². The highest BCUT2D eigenvalue weighted by Crippen LogP contribution is 2.35. The molecule has 0 saturated carbocycles. The highest BCUT2D eigenvalue weighted by molar-refractivity contribution is 5.67. The Hall–Kier alpha value is -1.39. The van der Waals surface area contributed by atoms with Crippen LogP contribution in [0, 0.1) is 5.82 Å². The Kier molecular flexibility index (Phi) is 3.08. The Morgan fingerprint density at radius 3 is 2.06 bits per heavy atom. The standard InChI is InChI=1S/C11H10F4O/c1-10(2,6-16)7-4-3-5-8(9(7)12)11(13,14)15/h3-6H,1-2H3. The van der Waals surface area contributed by atoms with Crippen LogP contribution in [-0.4, -0.2) is 6.29 Å². The van der Waals surface area contributed by atoms with Gasteiger partial charge in [-0.05, 0) is 19.9 Å². The molecule has 0 unspecified atom stereocenters. The van der Waals surface area contributed by atoms with E-state index in [1.165, 1.54) is 19.9 Å². The van der Waals surface area contributed by atoms with Crippen molar-refractivity contribution in [3.05, 3.63) is 35.1 Å². The van der Waals surface area contributed by atoms with Gasteiger partial charge in [-0.15, -0.1) is 0 Å². The number of benzene rings is 1. The largest absolute Gasteiger partial charge is 0.419 e. The molecule has 1 rings (SSSR count). The lowest BCUT2D eigenvalue weighted by Crippen LogP contribution is -2.22. The molecule has 0 aliphatic carbocycles. The molecule has 0 heterocycles. The summed E-state index contributed by atoms with van der Waals surface area (Å²) in [6, 6.07) is 2.92. The molecule has 0 N–H and O–H groups in total. The first kappa shape index (κ1) is 12.7. The number of halogens is 4. The molecule has 16 heavy (non-hydrogen) atoms. The van der Waals surface area contributed by atoms with Gasteiger partial charge in [-0.2, -0.15) is 13.2 Å². The first-order valence-corrected chi connectivity index (χ1v) is 4.52. The topological polar surface area (TPSA) is 17.1 Å². The van der Waals surface area contributed by atoms with E-state index in [9.17, 15) is 22.4 Å². The summed E-state index contributed by atoms with van der Waals surface area (Å²) in [4.78, 5) is 10.7. The minimum Gasteiger partial charge on any atom is -0.302 e. The molecule has 1 aromatic carbocycles. The van der Waals surface area contributed by atoms with E-state index in [1.807, 2.05) is 0 Å². The summed E-state index contributed by atoms with van der Waals surface area (Å²) in [5.41, 5.74) is -2.87. The smallest absolute Gasteiger partial charge is 0.302 e. The molecule has 0 amide bonds. The van der Waals surface area contributed by atoms with Crippen molar-refractivity contribution in [2.24, 2.45) is 0 Å². The van der Waals surface area contributed by atoms with Crippen molar-refractivity contribution >= 4 is 6.29 Å². The molecule has 0 saturated heterocycles. The normalized spacial score (nSPS) is 12.6. The maximum Gasteiger partial charge on any atom is 0.419 e. The van der Waals surface area contributed by atoms with Gasteiger partial charge in [-0.1, -0.05) is 12.1 Å². The van der Waals surface area contributed by atoms with Gasteiger partial charge >= 0.3 is 6.18 Å². The number of aldehydes is 1. The monoisotopic (exact) mass is 234 g/mol. The molecular weight excluding hydrogens is 224 g/mol. The van der Waals surface area contributed by atoms with Crippen molar-refractivity contribution in [1.82, 2.24) is 0 Å². The lowest BCUT2D eigenvalue weighted by molar-refractivity contribution is -0.140. The third-order valence-electron chi connectivity index (χ3n) is 2.29. The van der Waals surface area contributed by atoms with Crippen LogP contribution in [0.3, 0.4) is 0 Å². The predicted octanol–water partition coefficient (Wildman–Crippen LogP) is 3.32. The van der Waals surface area contributed by atoms with Crippen molar-refractivity contribution in [3.63, 3.8) is 0 Å². The van der Waals surface area contributed by atoms with E-state index in [1.54, 1.807) is 0 Å². The van der Waals surface area contributed by atoms with Crippen LogP contribution in [0.1, 0.15) is 25.0 Å². The van der Waals surface area contributed by atoms with Gasteiger partial charge in [0, 0.05) is 11.0 Å². The molecule has 0 aliphatic heterocycles. The zero-order valence-electron chi connectivity index (χ0n) is 8.73. The van der Waals surface area contributed by atoms with Gasteiger partial charge in [0.25, 0.3) is 0 Å². The maximum absolute atomic E-state index is 13.6. The molecule has 88 valence electrons.